The lowest BCUT2D eigenvalue weighted by Gasteiger charge is -2.29. The number of hydrogen-bond donors (Lipinski definition) is 1. The fourth-order valence-electron chi connectivity index (χ4n) is 2.70. The summed E-state index contributed by atoms with van der Waals surface area (Å²) in [6.45, 7) is 5.42. The molecule has 2 rings (SSSR count). The minimum atomic E-state index is -0.0405. The van der Waals surface area contributed by atoms with Crippen molar-refractivity contribution in [3.05, 3.63) is 34.9 Å². The number of fused-ring (bicyclic) bond motifs is 1. The van der Waals surface area contributed by atoms with Crippen molar-refractivity contribution in [1.29, 1.82) is 0 Å². The molecule has 0 atom stereocenters. The molecular formula is C16H25ClN2O. The number of nitrogens with two attached hydrogens (primary N) is 1. The molecule has 0 saturated carbocycles. The molecule has 1 aliphatic rings. The summed E-state index contributed by atoms with van der Waals surface area (Å²) in [5.74, 6) is 0.0937. The zero-order valence-electron chi connectivity index (χ0n) is 12.6. The van der Waals surface area contributed by atoms with Crippen molar-refractivity contribution in [2.24, 2.45) is 11.1 Å². The Hall–Kier alpha value is -1.06. The molecule has 1 aromatic rings. The van der Waals surface area contributed by atoms with Crippen LogP contribution in [0.3, 0.4) is 0 Å². The fraction of sp³-hybridized carbons (Fsp3) is 0.562. The fourth-order valence-corrected chi connectivity index (χ4v) is 2.70. The van der Waals surface area contributed by atoms with Gasteiger partial charge in [-0.05, 0) is 54.5 Å². The van der Waals surface area contributed by atoms with Crippen molar-refractivity contribution in [3.63, 3.8) is 0 Å². The van der Waals surface area contributed by atoms with Crippen LogP contribution in [0.25, 0.3) is 0 Å². The van der Waals surface area contributed by atoms with E-state index >= 15 is 0 Å². The highest BCUT2D eigenvalue weighted by molar-refractivity contribution is 5.94. The van der Waals surface area contributed by atoms with Crippen LogP contribution in [-0.4, -0.2) is 30.9 Å². The van der Waals surface area contributed by atoms with E-state index in [1.807, 2.05) is 13.1 Å². The quantitative estimate of drug-likeness (QED) is 0.928. The first-order valence-corrected chi connectivity index (χ1v) is 7.00. The average Bonchev–Trinajstić information content (AvgIpc) is 2.84. The largest absolute Gasteiger partial charge is 0.341 e. The molecule has 3 nitrogen and oxygen atoms in total. The number of amides is 1. The maximum Gasteiger partial charge on any atom is 0.253 e. The molecule has 20 heavy (non-hydrogen) atoms. The highest BCUT2D eigenvalue weighted by Gasteiger charge is 2.22. The van der Waals surface area contributed by atoms with Crippen molar-refractivity contribution in [1.82, 2.24) is 4.90 Å². The van der Waals surface area contributed by atoms with E-state index in [9.17, 15) is 4.79 Å². The van der Waals surface area contributed by atoms with E-state index in [1.54, 1.807) is 4.90 Å². The van der Waals surface area contributed by atoms with E-state index < -0.39 is 0 Å². The Labute approximate surface area is 127 Å². The number of carbonyl (C=O) groups is 1. The monoisotopic (exact) mass is 296 g/mol. The molecule has 0 spiro atoms. The third-order valence-corrected chi connectivity index (χ3v) is 3.91. The Morgan fingerprint density at radius 2 is 1.95 bits per heavy atom. The van der Waals surface area contributed by atoms with E-state index in [2.05, 4.69) is 26.0 Å². The topological polar surface area (TPSA) is 46.3 Å². The van der Waals surface area contributed by atoms with Gasteiger partial charge in [-0.25, -0.2) is 0 Å². The number of carbonyl (C=O) groups excluding carboxylic acids is 1. The van der Waals surface area contributed by atoms with Gasteiger partial charge in [-0.3, -0.25) is 4.79 Å². The summed E-state index contributed by atoms with van der Waals surface area (Å²) in [4.78, 5) is 14.2. The summed E-state index contributed by atoms with van der Waals surface area (Å²) >= 11 is 0. The van der Waals surface area contributed by atoms with Crippen LogP contribution in [0.5, 0.6) is 0 Å². The molecule has 0 unspecified atom stereocenters. The molecule has 112 valence electrons. The molecule has 0 saturated heterocycles. The van der Waals surface area contributed by atoms with Crippen LogP contribution in [0.15, 0.2) is 18.2 Å². The molecule has 1 aliphatic carbocycles. The van der Waals surface area contributed by atoms with Gasteiger partial charge in [0.1, 0.15) is 0 Å². The lowest BCUT2D eigenvalue weighted by Crippen LogP contribution is -2.39. The second kappa shape index (κ2) is 6.59. The summed E-state index contributed by atoms with van der Waals surface area (Å²) in [6.07, 6.45) is 3.47. The molecular weight excluding hydrogens is 272 g/mol. The van der Waals surface area contributed by atoms with Gasteiger partial charge in [0, 0.05) is 19.2 Å². The van der Waals surface area contributed by atoms with Crippen LogP contribution < -0.4 is 5.73 Å². The summed E-state index contributed by atoms with van der Waals surface area (Å²) in [5, 5.41) is 0. The predicted molar refractivity (Wildman–Crippen MR) is 85.5 cm³/mol. The standard InChI is InChI=1S/C16H24N2O.ClH/c1-16(2,10-17)11-18(3)15(19)14-8-7-12-5-4-6-13(12)9-14;/h7-9H,4-6,10-11,17H2,1-3H3;1H. The van der Waals surface area contributed by atoms with Crippen LogP contribution >= 0.6 is 12.4 Å². The van der Waals surface area contributed by atoms with E-state index in [-0.39, 0.29) is 23.7 Å². The smallest absolute Gasteiger partial charge is 0.253 e. The molecule has 1 aromatic carbocycles. The third-order valence-electron chi connectivity index (χ3n) is 3.91. The van der Waals surface area contributed by atoms with Crippen molar-refractivity contribution in [2.75, 3.05) is 20.1 Å². The van der Waals surface area contributed by atoms with Crippen molar-refractivity contribution in [2.45, 2.75) is 33.1 Å². The maximum absolute atomic E-state index is 12.4. The van der Waals surface area contributed by atoms with Gasteiger partial charge in [0.05, 0.1) is 0 Å². The van der Waals surface area contributed by atoms with Crippen LogP contribution in [0.1, 0.15) is 41.8 Å². The van der Waals surface area contributed by atoms with E-state index in [0.29, 0.717) is 13.1 Å². The molecule has 2 N–H and O–H groups in total. The molecule has 0 radical (unpaired) electrons. The SMILES string of the molecule is CN(CC(C)(C)CN)C(=O)c1ccc2c(c1)CCC2.Cl. The number of nitrogens with zero attached hydrogens (tertiary/aromatic N) is 1. The first kappa shape index (κ1) is 17.0. The molecule has 0 aliphatic heterocycles. The lowest BCUT2D eigenvalue weighted by molar-refractivity contribution is 0.0740. The normalized spacial score (nSPS) is 13.6. The van der Waals surface area contributed by atoms with Gasteiger partial charge in [0.2, 0.25) is 0 Å². The summed E-state index contributed by atoms with van der Waals surface area (Å²) in [5.41, 5.74) is 9.24. The first-order valence-electron chi connectivity index (χ1n) is 7.00. The Bertz CT molecular complexity index is 485. The lowest BCUT2D eigenvalue weighted by atomic mass is 9.93. The second-order valence-electron chi connectivity index (χ2n) is 6.37. The molecule has 0 bridgehead atoms. The van der Waals surface area contributed by atoms with Crippen LogP contribution in [0.2, 0.25) is 0 Å². The van der Waals surface area contributed by atoms with Gasteiger partial charge in [-0.2, -0.15) is 0 Å². The van der Waals surface area contributed by atoms with Crippen LogP contribution in [0.4, 0.5) is 0 Å². The van der Waals surface area contributed by atoms with Crippen LogP contribution in [0, 0.1) is 5.41 Å². The van der Waals surface area contributed by atoms with Gasteiger partial charge in [-0.1, -0.05) is 19.9 Å². The Balaban J connectivity index is 0.00000200. The molecule has 0 aromatic heterocycles. The summed E-state index contributed by atoms with van der Waals surface area (Å²) < 4.78 is 0. The molecule has 1 amide bonds. The van der Waals surface area contributed by atoms with Crippen LogP contribution in [-0.2, 0) is 12.8 Å². The Morgan fingerprint density at radius 1 is 1.30 bits per heavy atom. The highest BCUT2D eigenvalue weighted by Crippen LogP contribution is 2.24. The number of halogens is 1. The molecule has 4 heteroatoms. The number of hydrogen-bond acceptors (Lipinski definition) is 2. The number of aryl methyl sites for hydroxylation is 2. The maximum atomic E-state index is 12.4. The first-order chi connectivity index (χ1) is 8.93. The van der Waals surface area contributed by atoms with Crippen molar-refractivity contribution >= 4 is 18.3 Å². The Kier molecular flexibility index (Phi) is 5.60. The number of rotatable bonds is 4. The minimum Gasteiger partial charge on any atom is -0.341 e. The van der Waals surface area contributed by atoms with Crippen molar-refractivity contribution in [3.8, 4) is 0 Å². The van der Waals surface area contributed by atoms with Gasteiger partial charge in [-0.15, -0.1) is 12.4 Å². The van der Waals surface area contributed by atoms with Gasteiger partial charge in [0.25, 0.3) is 5.91 Å². The summed E-state index contributed by atoms with van der Waals surface area (Å²) in [7, 11) is 1.85. The van der Waals surface area contributed by atoms with Gasteiger partial charge < -0.3 is 10.6 Å². The van der Waals surface area contributed by atoms with E-state index in [1.165, 1.54) is 17.5 Å². The second-order valence-corrected chi connectivity index (χ2v) is 6.37. The zero-order chi connectivity index (χ0) is 14.0. The van der Waals surface area contributed by atoms with Gasteiger partial charge >= 0.3 is 0 Å². The molecule has 0 heterocycles. The average molecular weight is 297 g/mol. The van der Waals surface area contributed by atoms with E-state index in [0.717, 1.165) is 18.4 Å². The zero-order valence-corrected chi connectivity index (χ0v) is 13.4. The minimum absolute atomic E-state index is 0. The highest BCUT2D eigenvalue weighted by atomic mass is 35.5. The Morgan fingerprint density at radius 3 is 2.60 bits per heavy atom. The molecule has 0 fully saturated rings. The third kappa shape index (κ3) is 3.74. The predicted octanol–water partition coefficient (Wildman–Crippen LogP) is 2.65. The van der Waals surface area contributed by atoms with E-state index in [4.69, 9.17) is 5.73 Å². The number of benzene rings is 1. The summed E-state index contributed by atoms with van der Waals surface area (Å²) in [6, 6.07) is 6.13. The van der Waals surface area contributed by atoms with Crippen molar-refractivity contribution < 1.29 is 4.79 Å². The van der Waals surface area contributed by atoms with Gasteiger partial charge in [0.15, 0.2) is 0 Å².